The number of Topliss-reactive ketones (excluding diaryl/α,β-unsaturated/α-hetero) is 1. The van der Waals surface area contributed by atoms with E-state index >= 15 is 0 Å². The molecule has 1 aliphatic rings. The molecule has 4 nitrogen and oxygen atoms in total. The van der Waals surface area contributed by atoms with Crippen LogP contribution in [0.4, 0.5) is 0 Å². The summed E-state index contributed by atoms with van der Waals surface area (Å²) in [5.41, 5.74) is 2.09. The van der Waals surface area contributed by atoms with Gasteiger partial charge in [0, 0.05) is 5.39 Å². The molecule has 126 valence electrons. The second kappa shape index (κ2) is 5.97. The minimum absolute atomic E-state index is 0.0463. The summed E-state index contributed by atoms with van der Waals surface area (Å²) in [7, 11) is 0. The summed E-state index contributed by atoms with van der Waals surface area (Å²) in [5, 5.41) is 0.726. The van der Waals surface area contributed by atoms with Crippen molar-refractivity contribution in [1.29, 1.82) is 0 Å². The molecule has 2 unspecified atom stereocenters. The van der Waals surface area contributed by atoms with Crippen molar-refractivity contribution in [2.75, 3.05) is 0 Å². The number of para-hydroxylation sites is 1. The Morgan fingerprint density at radius 1 is 1.04 bits per heavy atom. The Morgan fingerprint density at radius 3 is 2.48 bits per heavy atom. The van der Waals surface area contributed by atoms with Gasteiger partial charge in [-0.2, -0.15) is 0 Å². The summed E-state index contributed by atoms with van der Waals surface area (Å²) in [6.07, 6.45) is -0.909. The van der Waals surface area contributed by atoms with Gasteiger partial charge in [-0.1, -0.05) is 56.3 Å². The van der Waals surface area contributed by atoms with Crippen LogP contribution in [0, 0.1) is 0 Å². The van der Waals surface area contributed by atoms with E-state index in [2.05, 4.69) is 13.8 Å². The van der Waals surface area contributed by atoms with Gasteiger partial charge in [0.15, 0.2) is 6.10 Å². The molecule has 4 heteroatoms. The predicted molar refractivity (Wildman–Crippen MR) is 95.0 cm³/mol. The maximum absolute atomic E-state index is 12.6. The Hall–Kier alpha value is -2.72. The van der Waals surface area contributed by atoms with E-state index in [9.17, 15) is 9.59 Å². The second-order valence-electron chi connectivity index (χ2n) is 6.65. The number of carbonyl (C=O) groups excluding carboxylic acids is 1. The van der Waals surface area contributed by atoms with Crippen LogP contribution >= 0.6 is 0 Å². The summed E-state index contributed by atoms with van der Waals surface area (Å²) in [6.45, 7) is 4.27. The van der Waals surface area contributed by atoms with Gasteiger partial charge in [-0.15, -0.1) is 0 Å². The number of rotatable bonds is 4. The van der Waals surface area contributed by atoms with E-state index in [1.807, 2.05) is 36.4 Å². The quantitative estimate of drug-likeness (QED) is 0.407. The zero-order valence-corrected chi connectivity index (χ0v) is 14.1. The molecule has 0 radical (unpaired) electrons. The number of ketones is 1. The summed E-state index contributed by atoms with van der Waals surface area (Å²) < 4.78 is 10.8. The maximum atomic E-state index is 12.6. The lowest BCUT2D eigenvalue weighted by atomic mass is 9.98. The van der Waals surface area contributed by atoms with E-state index in [1.165, 1.54) is 5.56 Å². The molecule has 0 amide bonds. The van der Waals surface area contributed by atoms with Crippen molar-refractivity contribution in [1.82, 2.24) is 0 Å². The number of fused-ring (bicyclic) bond motifs is 1. The Bertz CT molecular complexity index is 998. The second-order valence-corrected chi connectivity index (χ2v) is 6.65. The molecule has 25 heavy (non-hydrogen) atoms. The van der Waals surface area contributed by atoms with Crippen molar-refractivity contribution >= 4 is 16.8 Å². The molecule has 1 aliphatic heterocycles. The van der Waals surface area contributed by atoms with Crippen molar-refractivity contribution < 1.29 is 13.9 Å². The van der Waals surface area contributed by atoms with Gasteiger partial charge in [0.25, 0.3) is 0 Å². The number of epoxide rings is 1. The average Bonchev–Trinajstić information content (AvgIpc) is 3.41. The van der Waals surface area contributed by atoms with E-state index in [1.54, 1.807) is 18.2 Å². The lowest BCUT2D eigenvalue weighted by Crippen LogP contribution is -2.18. The van der Waals surface area contributed by atoms with Crippen molar-refractivity contribution in [3.63, 3.8) is 0 Å². The molecule has 0 spiro atoms. The minimum Gasteiger partial charge on any atom is -0.422 e. The number of hydrogen-bond donors (Lipinski definition) is 0. The lowest BCUT2D eigenvalue weighted by Gasteiger charge is -2.05. The smallest absolute Gasteiger partial charge is 0.347 e. The van der Waals surface area contributed by atoms with E-state index in [0.29, 0.717) is 11.5 Å². The van der Waals surface area contributed by atoms with Gasteiger partial charge in [0.2, 0.25) is 5.78 Å². The molecule has 0 saturated carbocycles. The molecule has 0 N–H and O–H groups in total. The Morgan fingerprint density at radius 2 is 1.76 bits per heavy atom. The zero-order chi connectivity index (χ0) is 17.6. The van der Waals surface area contributed by atoms with Crippen LogP contribution in [0.15, 0.2) is 63.8 Å². The highest BCUT2D eigenvalue weighted by molar-refractivity contribution is 6.02. The fraction of sp³-hybridized carbons (Fsp3) is 0.238. The minimum atomic E-state index is -0.617. The van der Waals surface area contributed by atoms with E-state index in [-0.39, 0.29) is 17.5 Å². The number of benzene rings is 2. The normalized spacial score (nSPS) is 19.3. The third-order valence-electron chi connectivity index (χ3n) is 4.59. The molecular weight excluding hydrogens is 316 g/mol. The molecular formula is C21H18O4. The third kappa shape index (κ3) is 2.89. The molecule has 2 heterocycles. The number of carbonyl (C=O) groups is 1. The van der Waals surface area contributed by atoms with Crippen LogP contribution in [-0.4, -0.2) is 11.9 Å². The molecule has 2 aromatic carbocycles. The molecule has 1 fully saturated rings. The van der Waals surface area contributed by atoms with Crippen LogP contribution in [-0.2, 0) is 4.74 Å². The number of hydrogen-bond acceptors (Lipinski definition) is 4. The molecule has 1 saturated heterocycles. The Kier molecular flexibility index (Phi) is 3.77. The maximum Gasteiger partial charge on any atom is 0.347 e. The third-order valence-corrected chi connectivity index (χ3v) is 4.59. The van der Waals surface area contributed by atoms with E-state index in [4.69, 9.17) is 9.15 Å². The van der Waals surface area contributed by atoms with Gasteiger partial charge in [0.05, 0.1) is 0 Å². The van der Waals surface area contributed by atoms with Crippen LogP contribution in [0.1, 0.15) is 47.4 Å². The average molecular weight is 334 g/mol. The van der Waals surface area contributed by atoms with Gasteiger partial charge in [-0.05, 0) is 29.2 Å². The standard InChI is InChI=1S/C21H18O4/c1-12(2)13-7-9-14(10-8-13)19-20(25-19)18(22)16-11-15-5-3-4-6-17(15)24-21(16)23/h3-12,19-20H,1-2H3. The van der Waals surface area contributed by atoms with Crippen molar-refractivity contribution in [3.05, 3.63) is 81.7 Å². The highest BCUT2D eigenvalue weighted by atomic mass is 16.6. The van der Waals surface area contributed by atoms with E-state index < -0.39 is 11.7 Å². The van der Waals surface area contributed by atoms with Gasteiger partial charge in [-0.3, -0.25) is 4.79 Å². The largest absolute Gasteiger partial charge is 0.422 e. The topological polar surface area (TPSA) is 59.8 Å². The lowest BCUT2D eigenvalue weighted by molar-refractivity contribution is 0.0950. The Balaban J connectivity index is 1.58. The highest BCUT2D eigenvalue weighted by Crippen LogP contribution is 2.40. The fourth-order valence-corrected chi connectivity index (χ4v) is 3.02. The van der Waals surface area contributed by atoms with Gasteiger partial charge in [0.1, 0.15) is 17.3 Å². The Labute approximate surface area is 145 Å². The zero-order valence-electron chi connectivity index (χ0n) is 14.1. The van der Waals surface area contributed by atoms with Crippen LogP contribution in [0.3, 0.4) is 0 Å². The van der Waals surface area contributed by atoms with Crippen LogP contribution in [0.25, 0.3) is 11.0 Å². The first-order valence-corrected chi connectivity index (χ1v) is 8.37. The monoisotopic (exact) mass is 334 g/mol. The summed E-state index contributed by atoms with van der Waals surface area (Å²) >= 11 is 0. The van der Waals surface area contributed by atoms with Crippen molar-refractivity contribution in [3.8, 4) is 0 Å². The molecule has 0 bridgehead atoms. The molecule has 0 aliphatic carbocycles. The summed E-state index contributed by atoms with van der Waals surface area (Å²) in [5.74, 6) is 0.131. The highest BCUT2D eigenvalue weighted by Gasteiger charge is 2.47. The van der Waals surface area contributed by atoms with Gasteiger partial charge in [-0.25, -0.2) is 4.79 Å². The molecule has 3 aromatic rings. The van der Waals surface area contributed by atoms with Crippen molar-refractivity contribution in [2.45, 2.75) is 32.0 Å². The SMILES string of the molecule is CC(C)c1ccc(C2OC2C(=O)c2cc3ccccc3oc2=O)cc1. The van der Waals surface area contributed by atoms with Crippen LogP contribution in [0.5, 0.6) is 0 Å². The molecule has 1 aromatic heterocycles. The fourth-order valence-electron chi connectivity index (χ4n) is 3.02. The molecule has 2 atom stereocenters. The van der Waals surface area contributed by atoms with Crippen LogP contribution in [0.2, 0.25) is 0 Å². The number of ether oxygens (including phenoxy) is 1. The van der Waals surface area contributed by atoms with Crippen LogP contribution < -0.4 is 5.63 Å². The first kappa shape index (κ1) is 15.8. The summed E-state index contributed by atoms with van der Waals surface area (Å²) in [4.78, 5) is 24.8. The van der Waals surface area contributed by atoms with Gasteiger partial charge < -0.3 is 9.15 Å². The van der Waals surface area contributed by atoms with E-state index in [0.717, 1.165) is 10.9 Å². The first-order chi connectivity index (χ1) is 12.0. The first-order valence-electron chi connectivity index (χ1n) is 8.37. The predicted octanol–water partition coefficient (Wildman–Crippen LogP) is 4.24. The van der Waals surface area contributed by atoms with Gasteiger partial charge >= 0.3 is 5.63 Å². The molecule has 4 rings (SSSR count). The summed E-state index contributed by atoms with van der Waals surface area (Å²) in [6, 6.07) is 16.8. The van der Waals surface area contributed by atoms with Crippen molar-refractivity contribution in [2.24, 2.45) is 0 Å².